The van der Waals surface area contributed by atoms with Gasteiger partial charge in [0.25, 0.3) is 0 Å². The lowest BCUT2D eigenvalue weighted by Gasteiger charge is -2.25. The van der Waals surface area contributed by atoms with Gasteiger partial charge in [0.2, 0.25) is 0 Å². The van der Waals surface area contributed by atoms with Crippen molar-refractivity contribution < 1.29 is 0 Å². The molecule has 2 heteroatoms. The Morgan fingerprint density at radius 1 is 1.46 bits per heavy atom. The highest BCUT2D eigenvalue weighted by molar-refractivity contribution is 6.21. The highest BCUT2D eigenvalue weighted by atomic mass is 35.5. The Bertz CT molecular complexity index is 175. The Labute approximate surface area is 91.3 Å². The number of allylic oxidation sites excluding steroid dienone is 2. The lowest BCUT2D eigenvalue weighted by atomic mass is 9.85. The van der Waals surface area contributed by atoms with Crippen LogP contribution >= 0.6 is 23.2 Å². The number of alkyl halides is 2. The van der Waals surface area contributed by atoms with Crippen molar-refractivity contribution in [2.75, 3.05) is 0 Å². The molecular weight excluding hydrogens is 203 g/mol. The minimum Gasteiger partial charge on any atom is -0.123 e. The van der Waals surface area contributed by atoms with Gasteiger partial charge in [-0.25, -0.2) is 0 Å². The molecule has 1 aliphatic rings. The molecule has 0 aliphatic heterocycles. The zero-order valence-electron chi connectivity index (χ0n) is 8.34. The molecule has 0 heterocycles. The molecule has 1 rings (SSSR count). The van der Waals surface area contributed by atoms with Crippen LogP contribution in [0.3, 0.4) is 0 Å². The number of rotatable bonds is 3. The smallest absolute Gasteiger partial charge is 0.0518 e. The molecule has 1 aliphatic carbocycles. The van der Waals surface area contributed by atoms with Gasteiger partial charge in [0.15, 0.2) is 0 Å². The van der Waals surface area contributed by atoms with E-state index in [1.807, 2.05) is 0 Å². The fourth-order valence-electron chi connectivity index (χ4n) is 1.82. The van der Waals surface area contributed by atoms with E-state index < -0.39 is 0 Å². The largest absolute Gasteiger partial charge is 0.123 e. The first kappa shape index (κ1) is 11.4. The average Bonchev–Trinajstić information content (AvgIpc) is 2.04. The van der Waals surface area contributed by atoms with Gasteiger partial charge in [0.1, 0.15) is 0 Å². The Hall–Kier alpha value is 0.320. The fourth-order valence-corrected chi connectivity index (χ4v) is 2.28. The van der Waals surface area contributed by atoms with Crippen molar-refractivity contribution in [1.82, 2.24) is 0 Å². The fraction of sp³-hybridized carbons (Fsp3) is 0.818. The standard InChI is InChI=1S/C11H18Cl2/c1-8(9(2)12)6-10-4-3-5-11(13)7-10/h3,5,8-11H,4,6-7H2,1-2H3/t8-,9+,10?,11+/m1/s1. The number of halogens is 2. The lowest BCUT2D eigenvalue weighted by Crippen LogP contribution is -2.17. The molecular formula is C11H18Cl2. The lowest BCUT2D eigenvalue weighted by molar-refractivity contribution is 0.364. The summed E-state index contributed by atoms with van der Waals surface area (Å²) in [7, 11) is 0. The van der Waals surface area contributed by atoms with E-state index in [2.05, 4.69) is 26.0 Å². The molecule has 0 saturated heterocycles. The van der Waals surface area contributed by atoms with Crippen molar-refractivity contribution in [3.8, 4) is 0 Å². The van der Waals surface area contributed by atoms with Gasteiger partial charge in [-0.2, -0.15) is 0 Å². The molecule has 0 spiro atoms. The summed E-state index contributed by atoms with van der Waals surface area (Å²) in [6.07, 6.45) is 7.81. The van der Waals surface area contributed by atoms with E-state index >= 15 is 0 Å². The Morgan fingerprint density at radius 3 is 2.69 bits per heavy atom. The summed E-state index contributed by atoms with van der Waals surface area (Å²) < 4.78 is 0. The van der Waals surface area contributed by atoms with Crippen LogP contribution in [0.4, 0.5) is 0 Å². The van der Waals surface area contributed by atoms with E-state index in [1.165, 1.54) is 12.8 Å². The third-order valence-electron chi connectivity index (χ3n) is 2.86. The Balaban J connectivity index is 2.33. The molecule has 0 amide bonds. The molecule has 0 aromatic carbocycles. The molecule has 13 heavy (non-hydrogen) atoms. The second-order valence-corrected chi connectivity index (χ2v) is 5.42. The predicted octanol–water partition coefficient (Wildman–Crippen LogP) is 4.21. The van der Waals surface area contributed by atoms with Crippen LogP contribution in [0, 0.1) is 11.8 Å². The van der Waals surface area contributed by atoms with E-state index in [0.717, 1.165) is 12.3 Å². The molecule has 1 unspecified atom stereocenters. The van der Waals surface area contributed by atoms with Gasteiger partial charge in [-0.05, 0) is 38.0 Å². The third-order valence-corrected chi connectivity index (χ3v) is 3.62. The van der Waals surface area contributed by atoms with Gasteiger partial charge < -0.3 is 0 Å². The second kappa shape index (κ2) is 5.26. The van der Waals surface area contributed by atoms with Crippen LogP contribution in [0.2, 0.25) is 0 Å². The Kier molecular flexibility index (Phi) is 4.61. The van der Waals surface area contributed by atoms with Gasteiger partial charge in [0, 0.05) is 5.38 Å². The molecule has 76 valence electrons. The van der Waals surface area contributed by atoms with Crippen LogP contribution in [0.25, 0.3) is 0 Å². The quantitative estimate of drug-likeness (QED) is 0.494. The van der Waals surface area contributed by atoms with Crippen LogP contribution < -0.4 is 0 Å². The number of hydrogen-bond donors (Lipinski definition) is 0. The summed E-state index contributed by atoms with van der Waals surface area (Å²) in [4.78, 5) is 0. The summed E-state index contributed by atoms with van der Waals surface area (Å²) in [6.45, 7) is 4.29. The van der Waals surface area contributed by atoms with E-state index in [9.17, 15) is 0 Å². The SMILES string of the molecule is C[C@H](Cl)[C@H](C)CC1CC=C[C@H](Cl)C1. The molecule has 0 radical (unpaired) electrons. The molecule has 0 nitrogen and oxygen atoms in total. The van der Waals surface area contributed by atoms with Crippen molar-refractivity contribution in [3.05, 3.63) is 12.2 Å². The highest BCUT2D eigenvalue weighted by Crippen LogP contribution is 2.29. The van der Waals surface area contributed by atoms with E-state index in [-0.39, 0.29) is 10.8 Å². The molecule has 0 aromatic heterocycles. The maximum Gasteiger partial charge on any atom is 0.0518 e. The van der Waals surface area contributed by atoms with E-state index in [0.29, 0.717) is 5.92 Å². The molecule has 0 bridgehead atoms. The van der Waals surface area contributed by atoms with Crippen molar-refractivity contribution in [2.24, 2.45) is 11.8 Å². The van der Waals surface area contributed by atoms with Gasteiger partial charge in [-0.3, -0.25) is 0 Å². The van der Waals surface area contributed by atoms with Gasteiger partial charge in [0.05, 0.1) is 5.38 Å². The van der Waals surface area contributed by atoms with Crippen LogP contribution in [0.15, 0.2) is 12.2 Å². The summed E-state index contributed by atoms with van der Waals surface area (Å²) in [5, 5.41) is 0.524. The van der Waals surface area contributed by atoms with Crippen molar-refractivity contribution >= 4 is 23.2 Å². The molecule has 0 aromatic rings. The highest BCUT2D eigenvalue weighted by Gasteiger charge is 2.20. The first-order valence-corrected chi connectivity index (χ1v) is 5.91. The van der Waals surface area contributed by atoms with Gasteiger partial charge >= 0.3 is 0 Å². The Morgan fingerprint density at radius 2 is 2.15 bits per heavy atom. The second-order valence-electron chi connectivity index (χ2n) is 4.17. The van der Waals surface area contributed by atoms with Crippen LogP contribution in [-0.2, 0) is 0 Å². The summed E-state index contributed by atoms with van der Waals surface area (Å²) in [5.41, 5.74) is 0. The summed E-state index contributed by atoms with van der Waals surface area (Å²) in [6, 6.07) is 0. The van der Waals surface area contributed by atoms with Crippen molar-refractivity contribution in [2.45, 2.75) is 43.9 Å². The first-order valence-electron chi connectivity index (χ1n) is 5.04. The zero-order valence-corrected chi connectivity index (χ0v) is 9.85. The maximum atomic E-state index is 6.05. The molecule has 0 fully saturated rings. The van der Waals surface area contributed by atoms with Gasteiger partial charge in [-0.1, -0.05) is 19.1 Å². The number of hydrogen-bond acceptors (Lipinski definition) is 0. The van der Waals surface area contributed by atoms with E-state index in [4.69, 9.17) is 23.2 Å². The van der Waals surface area contributed by atoms with Gasteiger partial charge in [-0.15, -0.1) is 23.2 Å². The monoisotopic (exact) mass is 220 g/mol. The average molecular weight is 221 g/mol. The normalized spacial score (nSPS) is 32.9. The summed E-state index contributed by atoms with van der Waals surface area (Å²) >= 11 is 12.1. The minimum atomic E-state index is 0.247. The van der Waals surface area contributed by atoms with Crippen LogP contribution in [0.1, 0.15) is 33.1 Å². The van der Waals surface area contributed by atoms with Crippen molar-refractivity contribution in [1.29, 1.82) is 0 Å². The summed E-state index contributed by atoms with van der Waals surface area (Å²) in [5.74, 6) is 1.34. The van der Waals surface area contributed by atoms with E-state index in [1.54, 1.807) is 0 Å². The predicted molar refractivity (Wildman–Crippen MR) is 60.6 cm³/mol. The zero-order chi connectivity index (χ0) is 9.84. The van der Waals surface area contributed by atoms with Crippen LogP contribution in [0.5, 0.6) is 0 Å². The first-order chi connectivity index (χ1) is 6.09. The topological polar surface area (TPSA) is 0 Å². The molecule has 0 N–H and O–H groups in total. The minimum absolute atomic E-state index is 0.247. The molecule has 0 saturated carbocycles. The third kappa shape index (κ3) is 3.91. The van der Waals surface area contributed by atoms with Crippen molar-refractivity contribution in [3.63, 3.8) is 0 Å². The van der Waals surface area contributed by atoms with Crippen LogP contribution in [-0.4, -0.2) is 10.8 Å². The maximum absolute atomic E-state index is 6.05. The molecule has 4 atom stereocenters.